The van der Waals surface area contributed by atoms with Crippen molar-refractivity contribution in [2.75, 3.05) is 45.2 Å². The second kappa shape index (κ2) is 9.79. The molecular formula is C25H38N4O3. The standard InChI is InChI=1S/C25H38N4O3/c1-4-13-25(23(30)29(24(31)26-25)18-22-6-5-16-32-22)20-11-14-28(15-12-20)17-19-7-9-21(10-8-19)27(2)3/h7-10,20,22H,4-6,11-18H2,1-3H3,(H,26,31)/t22-,25-/m1/s1. The fourth-order valence-corrected chi connectivity index (χ4v) is 5.59. The Morgan fingerprint density at radius 3 is 2.44 bits per heavy atom. The number of amides is 3. The minimum Gasteiger partial charge on any atom is -0.378 e. The maximum atomic E-state index is 13.5. The van der Waals surface area contributed by atoms with Crippen LogP contribution in [0.4, 0.5) is 10.5 Å². The van der Waals surface area contributed by atoms with Gasteiger partial charge >= 0.3 is 6.03 Å². The Labute approximate surface area is 192 Å². The van der Waals surface area contributed by atoms with E-state index in [1.807, 2.05) is 0 Å². The number of benzene rings is 1. The lowest BCUT2D eigenvalue weighted by Crippen LogP contribution is -2.56. The number of carbonyl (C=O) groups is 2. The van der Waals surface area contributed by atoms with Crippen LogP contribution in [0.5, 0.6) is 0 Å². The van der Waals surface area contributed by atoms with Crippen molar-refractivity contribution in [3.8, 4) is 0 Å². The lowest BCUT2D eigenvalue weighted by Gasteiger charge is -2.41. The Balaban J connectivity index is 1.38. The molecule has 3 aliphatic rings. The number of urea groups is 1. The molecule has 4 rings (SSSR count). The second-order valence-corrected chi connectivity index (χ2v) is 9.81. The highest BCUT2D eigenvalue weighted by Crippen LogP contribution is 2.37. The first-order chi connectivity index (χ1) is 15.4. The summed E-state index contributed by atoms with van der Waals surface area (Å²) in [6, 6.07) is 8.48. The average molecular weight is 443 g/mol. The summed E-state index contributed by atoms with van der Waals surface area (Å²) in [6.07, 6.45) is 5.35. The second-order valence-electron chi connectivity index (χ2n) is 9.81. The van der Waals surface area contributed by atoms with Crippen molar-refractivity contribution >= 4 is 17.6 Å². The van der Waals surface area contributed by atoms with Gasteiger partial charge in [-0.3, -0.25) is 14.6 Å². The summed E-state index contributed by atoms with van der Waals surface area (Å²) in [4.78, 5) is 32.4. The van der Waals surface area contributed by atoms with Gasteiger partial charge < -0.3 is 15.0 Å². The number of ether oxygens (including phenoxy) is 1. The van der Waals surface area contributed by atoms with E-state index in [0.717, 1.165) is 58.3 Å². The van der Waals surface area contributed by atoms with E-state index in [-0.39, 0.29) is 24.0 Å². The minimum atomic E-state index is -0.746. The maximum absolute atomic E-state index is 13.5. The number of likely N-dealkylation sites (tertiary alicyclic amines) is 1. The first-order valence-corrected chi connectivity index (χ1v) is 12.2. The molecule has 1 N–H and O–H groups in total. The molecule has 0 radical (unpaired) electrons. The predicted molar refractivity (Wildman–Crippen MR) is 126 cm³/mol. The van der Waals surface area contributed by atoms with E-state index in [0.29, 0.717) is 13.0 Å². The molecule has 0 aliphatic carbocycles. The molecule has 2 atom stereocenters. The van der Waals surface area contributed by atoms with E-state index >= 15 is 0 Å². The van der Waals surface area contributed by atoms with Gasteiger partial charge in [-0.05, 0) is 68.8 Å². The number of nitrogens with one attached hydrogen (secondary N) is 1. The van der Waals surface area contributed by atoms with Crippen LogP contribution in [0, 0.1) is 5.92 Å². The summed E-state index contributed by atoms with van der Waals surface area (Å²) in [6.45, 7) is 6.02. The monoisotopic (exact) mass is 442 g/mol. The minimum absolute atomic E-state index is 0.0112. The van der Waals surface area contributed by atoms with Gasteiger partial charge in [-0.25, -0.2) is 4.79 Å². The number of carbonyl (C=O) groups excluding carboxylic acids is 2. The third-order valence-corrected chi connectivity index (χ3v) is 7.40. The largest absolute Gasteiger partial charge is 0.378 e. The maximum Gasteiger partial charge on any atom is 0.325 e. The number of piperidine rings is 1. The number of nitrogens with zero attached hydrogens (tertiary/aromatic N) is 3. The van der Waals surface area contributed by atoms with Gasteiger partial charge in [-0.2, -0.15) is 0 Å². The van der Waals surface area contributed by atoms with Gasteiger partial charge in [0.05, 0.1) is 12.6 Å². The number of hydrogen-bond acceptors (Lipinski definition) is 5. The lowest BCUT2D eigenvalue weighted by molar-refractivity contribution is -0.135. The highest BCUT2D eigenvalue weighted by molar-refractivity contribution is 6.07. The van der Waals surface area contributed by atoms with Crippen molar-refractivity contribution in [1.29, 1.82) is 0 Å². The van der Waals surface area contributed by atoms with Crippen LogP contribution in [0.25, 0.3) is 0 Å². The van der Waals surface area contributed by atoms with Crippen molar-refractivity contribution in [3.63, 3.8) is 0 Å². The van der Waals surface area contributed by atoms with Crippen molar-refractivity contribution < 1.29 is 14.3 Å². The summed E-state index contributed by atoms with van der Waals surface area (Å²) in [5, 5.41) is 3.15. The molecule has 0 saturated carbocycles. The lowest BCUT2D eigenvalue weighted by atomic mass is 9.74. The molecule has 1 aromatic rings. The summed E-state index contributed by atoms with van der Waals surface area (Å²) >= 11 is 0. The molecule has 0 spiro atoms. The van der Waals surface area contributed by atoms with Gasteiger partial charge in [0.1, 0.15) is 5.54 Å². The van der Waals surface area contributed by atoms with Crippen LogP contribution in [0.3, 0.4) is 0 Å². The molecule has 7 nitrogen and oxygen atoms in total. The Morgan fingerprint density at radius 1 is 1.12 bits per heavy atom. The number of anilines is 1. The highest BCUT2D eigenvalue weighted by Gasteiger charge is 2.55. The van der Waals surface area contributed by atoms with Gasteiger partial charge in [0.2, 0.25) is 0 Å². The van der Waals surface area contributed by atoms with Crippen molar-refractivity contribution in [2.24, 2.45) is 5.92 Å². The Morgan fingerprint density at radius 2 is 1.84 bits per heavy atom. The average Bonchev–Trinajstić information content (AvgIpc) is 3.38. The quantitative estimate of drug-likeness (QED) is 0.626. The molecule has 1 aromatic carbocycles. The fourth-order valence-electron chi connectivity index (χ4n) is 5.59. The number of hydrogen-bond donors (Lipinski definition) is 1. The topological polar surface area (TPSA) is 65.1 Å². The molecule has 0 unspecified atom stereocenters. The van der Waals surface area contributed by atoms with E-state index < -0.39 is 5.54 Å². The zero-order valence-electron chi connectivity index (χ0n) is 19.8. The van der Waals surface area contributed by atoms with Crippen LogP contribution < -0.4 is 10.2 Å². The van der Waals surface area contributed by atoms with E-state index in [1.54, 1.807) is 0 Å². The number of imide groups is 1. The van der Waals surface area contributed by atoms with Gasteiger partial charge in [-0.15, -0.1) is 0 Å². The van der Waals surface area contributed by atoms with E-state index in [2.05, 4.69) is 60.4 Å². The van der Waals surface area contributed by atoms with Crippen LogP contribution in [-0.4, -0.2) is 73.7 Å². The molecule has 176 valence electrons. The molecule has 3 amide bonds. The van der Waals surface area contributed by atoms with E-state index in [1.165, 1.54) is 16.2 Å². The van der Waals surface area contributed by atoms with Crippen LogP contribution in [0.15, 0.2) is 24.3 Å². The van der Waals surface area contributed by atoms with Crippen molar-refractivity contribution in [3.05, 3.63) is 29.8 Å². The molecule has 7 heteroatoms. The van der Waals surface area contributed by atoms with Gasteiger partial charge in [0.15, 0.2) is 0 Å². The van der Waals surface area contributed by atoms with Crippen molar-refractivity contribution in [1.82, 2.24) is 15.1 Å². The van der Waals surface area contributed by atoms with E-state index in [9.17, 15) is 9.59 Å². The molecule has 3 aliphatic heterocycles. The summed E-state index contributed by atoms with van der Waals surface area (Å²) < 4.78 is 5.69. The van der Waals surface area contributed by atoms with Crippen LogP contribution in [0.1, 0.15) is 51.0 Å². The Bertz CT molecular complexity index is 798. The molecule has 0 bridgehead atoms. The zero-order chi connectivity index (χ0) is 22.7. The van der Waals surface area contributed by atoms with Crippen LogP contribution in [-0.2, 0) is 16.1 Å². The normalized spacial score (nSPS) is 27.2. The summed E-state index contributed by atoms with van der Waals surface area (Å²) in [5.74, 6) is 0.151. The van der Waals surface area contributed by atoms with Crippen molar-refractivity contribution in [2.45, 2.75) is 63.6 Å². The molecular weight excluding hydrogens is 404 g/mol. The third-order valence-electron chi connectivity index (χ3n) is 7.40. The van der Waals surface area contributed by atoms with Crippen LogP contribution in [0.2, 0.25) is 0 Å². The molecule has 3 heterocycles. The summed E-state index contributed by atoms with van der Waals surface area (Å²) in [5.41, 5.74) is 1.77. The molecule has 3 fully saturated rings. The Hall–Kier alpha value is -2.12. The summed E-state index contributed by atoms with van der Waals surface area (Å²) in [7, 11) is 4.11. The molecule has 0 aromatic heterocycles. The molecule has 32 heavy (non-hydrogen) atoms. The molecule has 3 saturated heterocycles. The number of rotatable bonds is 8. The third kappa shape index (κ3) is 4.64. The predicted octanol–water partition coefficient (Wildman–Crippen LogP) is 3.23. The fraction of sp³-hybridized carbons (Fsp3) is 0.680. The van der Waals surface area contributed by atoms with Gasteiger partial charge in [-0.1, -0.05) is 25.5 Å². The SMILES string of the molecule is CCC[C@]1(C2CCN(Cc3ccc(N(C)C)cc3)CC2)NC(=O)N(C[C@H]2CCCO2)C1=O. The highest BCUT2D eigenvalue weighted by atomic mass is 16.5. The van der Waals surface area contributed by atoms with Gasteiger partial charge in [0.25, 0.3) is 5.91 Å². The first kappa shape index (κ1) is 23.1. The zero-order valence-corrected chi connectivity index (χ0v) is 19.8. The van der Waals surface area contributed by atoms with E-state index in [4.69, 9.17) is 4.74 Å². The smallest absolute Gasteiger partial charge is 0.325 e. The van der Waals surface area contributed by atoms with Gasteiger partial charge in [0, 0.05) is 32.9 Å². The first-order valence-electron chi connectivity index (χ1n) is 12.2. The van der Waals surface area contributed by atoms with Crippen LogP contribution >= 0.6 is 0 Å². The Kier molecular flexibility index (Phi) is 7.05.